The average molecular weight is 303 g/mol. The fourth-order valence-electron chi connectivity index (χ4n) is 1.70. The smallest absolute Gasteiger partial charge is 0.293 e. The SMILES string of the molecule is CC1(C)CC1Nc1cc(F)c(Br)cc1[N+](=O)[O-]. The van der Waals surface area contributed by atoms with Gasteiger partial charge < -0.3 is 5.32 Å². The van der Waals surface area contributed by atoms with Crippen molar-refractivity contribution >= 4 is 27.3 Å². The minimum atomic E-state index is -0.512. The molecule has 1 aromatic rings. The summed E-state index contributed by atoms with van der Waals surface area (Å²) in [5.74, 6) is -0.503. The van der Waals surface area contributed by atoms with Crippen LogP contribution in [0.3, 0.4) is 0 Å². The van der Waals surface area contributed by atoms with Crippen LogP contribution in [-0.4, -0.2) is 11.0 Å². The number of nitro groups is 1. The second-order valence-corrected chi connectivity index (χ2v) is 5.78. The van der Waals surface area contributed by atoms with Gasteiger partial charge in [-0.3, -0.25) is 10.1 Å². The molecule has 0 spiro atoms. The van der Waals surface area contributed by atoms with E-state index >= 15 is 0 Å². The maximum absolute atomic E-state index is 13.4. The van der Waals surface area contributed by atoms with Gasteiger partial charge in [0.05, 0.1) is 9.40 Å². The van der Waals surface area contributed by atoms with Crippen LogP contribution in [0.25, 0.3) is 0 Å². The third kappa shape index (κ3) is 2.41. The molecule has 0 aromatic heterocycles. The molecule has 0 saturated heterocycles. The molecule has 17 heavy (non-hydrogen) atoms. The van der Waals surface area contributed by atoms with Crippen molar-refractivity contribution in [1.82, 2.24) is 0 Å². The Morgan fingerprint density at radius 3 is 2.65 bits per heavy atom. The zero-order chi connectivity index (χ0) is 12.8. The molecule has 4 nitrogen and oxygen atoms in total. The number of anilines is 1. The molecule has 1 fully saturated rings. The molecule has 92 valence electrons. The van der Waals surface area contributed by atoms with Crippen LogP contribution in [0.2, 0.25) is 0 Å². The highest BCUT2D eigenvalue weighted by Gasteiger charge is 2.46. The van der Waals surface area contributed by atoms with Crippen molar-refractivity contribution in [3.63, 3.8) is 0 Å². The first-order valence-corrected chi connectivity index (χ1v) is 6.00. The van der Waals surface area contributed by atoms with Crippen LogP contribution in [0.1, 0.15) is 20.3 Å². The second-order valence-electron chi connectivity index (χ2n) is 4.93. The Morgan fingerprint density at radius 2 is 2.18 bits per heavy atom. The van der Waals surface area contributed by atoms with Gasteiger partial charge in [0.15, 0.2) is 0 Å². The van der Waals surface area contributed by atoms with E-state index in [0.717, 1.165) is 12.5 Å². The predicted molar refractivity (Wildman–Crippen MR) is 66.6 cm³/mol. The van der Waals surface area contributed by atoms with E-state index < -0.39 is 10.7 Å². The van der Waals surface area contributed by atoms with E-state index in [2.05, 4.69) is 35.1 Å². The van der Waals surface area contributed by atoms with Gasteiger partial charge in [0, 0.05) is 18.2 Å². The van der Waals surface area contributed by atoms with Crippen molar-refractivity contribution in [2.24, 2.45) is 5.41 Å². The van der Waals surface area contributed by atoms with Crippen LogP contribution in [0.5, 0.6) is 0 Å². The molecule has 2 rings (SSSR count). The molecule has 1 unspecified atom stereocenters. The van der Waals surface area contributed by atoms with E-state index in [4.69, 9.17) is 0 Å². The van der Waals surface area contributed by atoms with E-state index in [-0.39, 0.29) is 27.3 Å². The summed E-state index contributed by atoms with van der Waals surface area (Å²) < 4.78 is 13.5. The predicted octanol–water partition coefficient (Wildman–Crippen LogP) is 3.71. The molecular formula is C11H12BrFN2O2. The molecule has 1 saturated carbocycles. The summed E-state index contributed by atoms with van der Waals surface area (Å²) in [5.41, 5.74) is 0.254. The van der Waals surface area contributed by atoms with Crippen LogP contribution in [-0.2, 0) is 0 Å². The molecule has 6 heteroatoms. The molecule has 1 aliphatic rings. The van der Waals surface area contributed by atoms with Gasteiger partial charge in [-0.15, -0.1) is 0 Å². The molecular weight excluding hydrogens is 291 g/mol. The van der Waals surface area contributed by atoms with Gasteiger partial charge in [0.2, 0.25) is 0 Å². The molecule has 0 amide bonds. The van der Waals surface area contributed by atoms with E-state index in [0.29, 0.717) is 0 Å². The van der Waals surface area contributed by atoms with E-state index in [1.807, 2.05) is 0 Å². The number of benzene rings is 1. The van der Waals surface area contributed by atoms with Gasteiger partial charge in [-0.05, 0) is 27.8 Å². The minimum absolute atomic E-state index is 0.102. The zero-order valence-electron chi connectivity index (χ0n) is 9.46. The van der Waals surface area contributed by atoms with Crippen molar-refractivity contribution in [2.45, 2.75) is 26.3 Å². The number of nitro benzene ring substituents is 1. The number of nitrogens with one attached hydrogen (secondary N) is 1. The normalized spacial score (nSPS) is 21.1. The van der Waals surface area contributed by atoms with E-state index in [1.165, 1.54) is 6.07 Å². The standard InChI is InChI=1S/C11H12BrFN2O2/c1-11(2)5-10(11)14-8-4-7(13)6(12)3-9(8)15(16)17/h3-4,10,14H,5H2,1-2H3. The highest BCUT2D eigenvalue weighted by Crippen LogP contribution is 2.47. The Kier molecular flexibility index (Phi) is 2.85. The molecule has 0 aliphatic heterocycles. The average Bonchev–Trinajstić information content (AvgIpc) is 2.79. The lowest BCUT2D eigenvalue weighted by Crippen LogP contribution is -2.10. The summed E-state index contributed by atoms with van der Waals surface area (Å²) in [7, 11) is 0. The Morgan fingerprint density at radius 1 is 1.59 bits per heavy atom. The van der Waals surface area contributed by atoms with Gasteiger partial charge in [-0.25, -0.2) is 4.39 Å². The Hall–Kier alpha value is -1.17. The first-order chi connectivity index (χ1) is 7.81. The minimum Gasteiger partial charge on any atom is -0.376 e. The van der Waals surface area contributed by atoms with Gasteiger partial charge in [-0.2, -0.15) is 0 Å². The number of hydrogen-bond acceptors (Lipinski definition) is 3. The lowest BCUT2D eigenvalue weighted by Gasteiger charge is -2.09. The number of nitrogens with zero attached hydrogens (tertiary/aromatic N) is 1. The van der Waals surface area contributed by atoms with Crippen molar-refractivity contribution in [3.8, 4) is 0 Å². The molecule has 0 heterocycles. The van der Waals surface area contributed by atoms with Gasteiger partial charge >= 0.3 is 0 Å². The Bertz CT molecular complexity index is 491. The van der Waals surface area contributed by atoms with E-state index in [1.54, 1.807) is 0 Å². The zero-order valence-corrected chi connectivity index (χ0v) is 11.0. The Balaban J connectivity index is 2.32. The van der Waals surface area contributed by atoms with Gasteiger partial charge in [0.25, 0.3) is 5.69 Å². The van der Waals surface area contributed by atoms with Gasteiger partial charge in [0.1, 0.15) is 11.5 Å². The molecule has 0 radical (unpaired) electrons. The fourth-order valence-corrected chi connectivity index (χ4v) is 2.04. The van der Waals surface area contributed by atoms with Crippen LogP contribution in [0.4, 0.5) is 15.8 Å². The van der Waals surface area contributed by atoms with Crippen molar-refractivity contribution < 1.29 is 9.31 Å². The summed E-state index contributed by atoms with van der Waals surface area (Å²) in [6.07, 6.45) is 0.932. The van der Waals surface area contributed by atoms with Crippen molar-refractivity contribution in [1.29, 1.82) is 0 Å². The molecule has 0 bridgehead atoms. The van der Waals surface area contributed by atoms with Crippen LogP contribution >= 0.6 is 15.9 Å². The number of hydrogen-bond donors (Lipinski definition) is 1. The second kappa shape index (κ2) is 3.94. The third-order valence-corrected chi connectivity index (χ3v) is 3.69. The summed E-state index contributed by atoms with van der Waals surface area (Å²) in [6, 6.07) is 2.52. The first kappa shape index (κ1) is 12.3. The largest absolute Gasteiger partial charge is 0.376 e. The van der Waals surface area contributed by atoms with Crippen molar-refractivity contribution in [2.75, 3.05) is 5.32 Å². The summed E-state index contributed by atoms with van der Waals surface area (Å²) in [6.45, 7) is 4.12. The van der Waals surface area contributed by atoms with Crippen molar-refractivity contribution in [3.05, 3.63) is 32.5 Å². The topological polar surface area (TPSA) is 55.2 Å². The molecule has 1 aliphatic carbocycles. The molecule has 1 atom stereocenters. The molecule has 1 aromatic carbocycles. The van der Waals surface area contributed by atoms with Crippen LogP contribution < -0.4 is 5.32 Å². The third-order valence-electron chi connectivity index (χ3n) is 3.08. The first-order valence-electron chi connectivity index (χ1n) is 5.21. The summed E-state index contributed by atoms with van der Waals surface area (Å²) in [4.78, 5) is 10.4. The lowest BCUT2D eigenvalue weighted by atomic mass is 10.2. The number of rotatable bonds is 3. The maximum atomic E-state index is 13.4. The number of halogens is 2. The fraction of sp³-hybridized carbons (Fsp3) is 0.455. The van der Waals surface area contributed by atoms with E-state index in [9.17, 15) is 14.5 Å². The van der Waals surface area contributed by atoms with Crippen LogP contribution in [0.15, 0.2) is 16.6 Å². The quantitative estimate of drug-likeness (QED) is 0.684. The summed E-state index contributed by atoms with van der Waals surface area (Å²) >= 11 is 2.95. The highest BCUT2D eigenvalue weighted by atomic mass is 79.9. The molecule has 1 N–H and O–H groups in total. The summed E-state index contributed by atoms with van der Waals surface area (Å²) in [5, 5.41) is 13.9. The van der Waals surface area contributed by atoms with Crippen LogP contribution in [0, 0.1) is 21.3 Å². The Labute approximate surface area is 106 Å². The lowest BCUT2D eigenvalue weighted by molar-refractivity contribution is -0.384. The monoisotopic (exact) mass is 302 g/mol. The highest BCUT2D eigenvalue weighted by molar-refractivity contribution is 9.10. The van der Waals surface area contributed by atoms with Gasteiger partial charge in [-0.1, -0.05) is 13.8 Å². The maximum Gasteiger partial charge on any atom is 0.293 e.